The lowest BCUT2D eigenvalue weighted by atomic mass is 9.96. The lowest BCUT2D eigenvalue weighted by Gasteiger charge is -2.09. The summed E-state index contributed by atoms with van der Waals surface area (Å²) in [6, 6.07) is 13.8. The van der Waals surface area contributed by atoms with Crippen LogP contribution in [0.25, 0.3) is 0 Å². The Labute approximate surface area is 128 Å². The molecule has 0 N–H and O–H groups in total. The minimum absolute atomic E-state index is 0.113. The molecule has 2 rings (SSSR count). The molecule has 19 heavy (non-hydrogen) atoms. The van der Waals surface area contributed by atoms with Crippen LogP contribution >= 0.6 is 22.6 Å². The first kappa shape index (κ1) is 14.3. The van der Waals surface area contributed by atoms with E-state index in [-0.39, 0.29) is 5.78 Å². The first-order valence-corrected chi connectivity index (χ1v) is 7.66. The van der Waals surface area contributed by atoms with Crippen molar-refractivity contribution >= 4 is 28.4 Å². The monoisotopic (exact) mass is 364 g/mol. The van der Waals surface area contributed by atoms with Gasteiger partial charge in [-0.2, -0.15) is 0 Å². The van der Waals surface area contributed by atoms with Crippen molar-refractivity contribution in [2.75, 3.05) is 0 Å². The maximum atomic E-state index is 12.5. The van der Waals surface area contributed by atoms with E-state index in [1.165, 1.54) is 11.1 Å². The summed E-state index contributed by atoms with van der Waals surface area (Å²) in [5, 5.41) is 0. The van der Waals surface area contributed by atoms with Gasteiger partial charge in [0.1, 0.15) is 0 Å². The predicted octanol–water partition coefficient (Wildman–Crippen LogP) is 4.65. The Balaban J connectivity index is 2.42. The third kappa shape index (κ3) is 3.06. The highest BCUT2D eigenvalue weighted by Gasteiger charge is 2.13. The Morgan fingerprint density at radius 1 is 1.00 bits per heavy atom. The van der Waals surface area contributed by atoms with Crippen LogP contribution in [-0.4, -0.2) is 5.78 Å². The molecule has 0 bridgehead atoms. The van der Waals surface area contributed by atoms with Crippen molar-refractivity contribution in [2.24, 2.45) is 0 Å². The Morgan fingerprint density at radius 2 is 1.68 bits per heavy atom. The molecular weight excluding hydrogens is 347 g/mol. The second kappa shape index (κ2) is 6.33. The van der Waals surface area contributed by atoms with Crippen LogP contribution in [0.3, 0.4) is 0 Å². The van der Waals surface area contributed by atoms with Crippen LogP contribution in [0, 0.1) is 3.57 Å². The number of halogens is 1. The van der Waals surface area contributed by atoms with E-state index >= 15 is 0 Å². The lowest BCUT2D eigenvalue weighted by molar-refractivity contribution is 0.103. The lowest BCUT2D eigenvalue weighted by Crippen LogP contribution is -2.05. The van der Waals surface area contributed by atoms with Gasteiger partial charge in [-0.25, -0.2) is 0 Å². The van der Waals surface area contributed by atoms with E-state index in [1.54, 1.807) is 0 Å². The molecule has 0 heterocycles. The number of aryl methyl sites for hydroxylation is 2. The molecule has 0 radical (unpaired) electrons. The van der Waals surface area contributed by atoms with Crippen LogP contribution in [0.15, 0.2) is 42.5 Å². The average Bonchev–Trinajstić information content (AvgIpc) is 2.46. The topological polar surface area (TPSA) is 17.1 Å². The van der Waals surface area contributed by atoms with Gasteiger partial charge >= 0.3 is 0 Å². The Bertz CT molecular complexity index is 602. The molecule has 0 saturated carbocycles. The van der Waals surface area contributed by atoms with Crippen molar-refractivity contribution in [3.8, 4) is 0 Å². The molecule has 2 aromatic carbocycles. The molecule has 0 aromatic heterocycles. The van der Waals surface area contributed by atoms with Crippen LogP contribution in [0.1, 0.15) is 40.9 Å². The quantitative estimate of drug-likeness (QED) is 0.570. The zero-order chi connectivity index (χ0) is 13.8. The Hall–Kier alpha value is -1.16. The molecule has 0 saturated heterocycles. The maximum absolute atomic E-state index is 12.5. The van der Waals surface area contributed by atoms with E-state index in [0.29, 0.717) is 0 Å². The zero-order valence-corrected chi connectivity index (χ0v) is 13.4. The van der Waals surface area contributed by atoms with Gasteiger partial charge in [-0.05, 0) is 64.8 Å². The molecule has 0 unspecified atom stereocenters. The first-order chi connectivity index (χ1) is 9.17. The minimum atomic E-state index is 0.113. The van der Waals surface area contributed by atoms with E-state index in [2.05, 4.69) is 42.5 Å². The van der Waals surface area contributed by atoms with Crippen molar-refractivity contribution < 1.29 is 4.79 Å². The minimum Gasteiger partial charge on any atom is -0.289 e. The maximum Gasteiger partial charge on any atom is 0.194 e. The molecule has 0 aliphatic rings. The molecule has 0 fully saturated rings. The van der Waals surface area contributed by atoms with E-state index < -0.39 is 0 Å². The van der Waals surface area contributed by atoms with Crippen LogP contribution in [0.4, 0.5) is 0 Å². The van der Waals surface area contributed by atoms with E-state index in [0.717, 1.165) is 27.5 Å². The SMILES string of the molecule is CCc1ccc(C(=O)c2ccccc2I)cc1CC. The fourth-order valence-electron chi connectivity index (χ4n) is 2.24. The molecular formula is C17H17IO. The summed E-state index contributed by atoms with van der Waals surface area (Å²) < 4.78 is 1.00. The summed E-state index contributed by atoms with van der Waals surface area (Å²) in [4.78, 5) is 12.5. The normalized spacial score (nSPS) is 10.5. The van der Waals surface area contributed by atoms with Gasteiger partial charge in [0.25, 0.3) is 0 Å². The van der Waals surface area contributed by atoms with Crippen molar-refractivity contribution in [3.63, 3.8) is 0 Å². The number of benzene rings is 2. The largest absolute Gasteiger partial charge is 0.289 e. The molecule has 0 aliphatic carbocycles. The third-order valence-corrected chi connectivity index (χ3v) is 4.29. The molecule has 0 aliphatic heterocycles. The fraction of sp³-hybridized carbons (Fsp3) is 0.235. The van der Waals surface area contributed by atoms with E-state index in [4.69, 9.17) is 0 Å². The molecule has 0 spiro atoms. The van der Waals surface area contributed by atoms with Gasteiger partial charge in [0.15, 0.2) is 5.78 Å². The van der Waals surface area contributed by atoms with E-state index in [9.17, 15) is 4.79 Å². The summed E-state index contributed by atoms with van der Waals surface area (Å²) in [7, 11) is 0. The van der Waals surface area contributed by atoms with Crippen molar-refractivity contribution in [1.29, 1.82) is 0 Å². The molecule has 0 atom stereocenters. The van der Waals surface area contributed by atoms with Gasteiger partial charge in [0.05, 0.1) is 0 Å². The van der Waals surface area contributed by atoms with Crippen molar-refractivity contribution in [2.45, 2.75) is 26.7 Å². The predicted molar refractivity (Wildman–Crippen MR) is 87.8 cm³/mol. The van der Waals surface area contributed by atoms with Gasteiger partial charge in [0.2, 0.25) is 0 Å². The zero-order valence-electron chi connectivity index (χ0n) is 11.2. The fourth-order valence-corrected chi connectivity index (χ4v) is 2.87. The summed E-state index contributed by atoms with van der Waals surface area (Å²) in [5.41, 5.74) is 4.19. The highest BCUT2D eigenvalue weighted by atomic mass is 127. The molecule has 1 nitrogen and oxygen atoms in total. The average molecular weight is 364 g/mol. The number of carbonyl (C=O) groups is 1. The summed E-state index contributed by atoms with van der Waals surface area (Å²) in [6.45, 7) is 4.28. The van der Waals surface area contributed by atoms with Gasteiger partial charge < -0.3 is 0 Å². The summed E-state index contributed by atoms with van der Waals surface area (Å²) >= 11 is 2.21. The summed E-state index contributed by atoms with van der Waals surface area (Å²) in [6.07, 6.45) is 1.98. The van der Waals surface area contributed by atoms with Gasteiger partial charge in [-0.3, -0.25) is 4.79 Å². The van der Waals surface area contributed by atoms with Gasteiger partial charge in [-0.1, -0.05) is 38.1 Å². The molecule has 2 heteroatoms. The van der Waals surface area contributed by atoms with Crippen LogP contribution in [-0.2, 0) is 12.8 Å². The standard InChI is InChI=1S/C17H17IO/c1-3-12-9-10-14(11-13(12)4-2)17(19)15-7-5-6-8-16(15)18/h5-11H,3-4H2,1-2H3. The number of hydrogen-bond donors (Lipinski definition) is 0. The van der Waals surface area contributed by atoms with Crippen molar-refractivity contribution in [1.82, 2.24) is 0 Å². The third-order valence-electron chi connectivity index (χ3n) is 3.35. The van der Waals surface area contributed by atoms with Crippen LogP contribution < -0.4 is 0 Å². The number of ketones is 1. The number of rotatable bonds is 4. The highest BCUT2D eigenvalue weighted by Crippen LogP contribution is 2.19. The second-order valence-electron chi connectivity index (χ2n) is 4.50. The van der Waals surface area contributed by atoms with Gasteiger partial charge in [-0.15, -0.1) is 0 Å². The Kier molecular flexibility index (Phi) is 4.75. The Morgan fingerprint density at radius 3 is 2.32 bits per heavy atom. The van der Waals surface area contributed by atoms with Crippen LogP contribution in [0.2, 0.25) is 0 Å². The highest BCUT2D eigenvalue weighted by molar-refractivity contribution is 14.1. The molecule has 2 aromatic rings. The number of carbonyl (C=O) groups excluding carboxylic acids is 1. The summed E-state index contributed by atoms with van der Waals surface area (Å²) in [5.74, 6) is 0.113. The van der Waals surface area contributed by atoms with Crippen molar-refractivity contribution in [3.05, 3.63) is 68.3 Å². The molecule has 0 amide bonds. The smallest absolute Gasteiger partial charge is 0.194 e. The number of hydrogen-bond acceptors (Lipinski definition) is 1. The second-order valence-corrected chi connectivity index (χ2v) is 5.66. The van der Waals surface area contributed by atoms with E-state index in [1.807, 2.05) is 36.4 Å². The molecule has 98 valence electrons. The van der Waals surface area contributed by atoms with Crippen LogP contribution in [0.5, 0.6) is 0 Å². The first-order valence-electron chi connectivity index (χ1n) is 6.58. The van der Waals surface area contributed by atoms with Gasteiger partial charge in [0, 0.05) is 14.7 Å².